The molecule has 0 aliphatic heterocycles. The number of aromatic nitrogens is 2. The average molecular weight is 351 g/mol. The number of carbonyl (C=O) groups excluding carboxylic acids is 1. The molecule has 0 saturated heterocycles. The van der Waals surface area contributed by atoms with Gasteiger partial charge in [0.25, 0.3) is 0 Å². The number of benzene rings is 1. The third-order valence-electron chi connectivity index (χ3n) is 3.50. The van der Waals surface area contributed by atoms with Crippen molar-refractivity contribution < 1.29 is 9.53 Å². The molecule has 0 fully saturated rings. The van der Waals surface area contributed by atoms with E-state index in [2.05, 4.69) is 15.3 Å². The van der Waals surface area contributed by atoms with Gasteiger partial charge in [0.1, 0.15) is 10.8 Å². The number of pyridine rings is 1. The van der Waals surface area contributed by atoms with E-state index < -0.39 is 0 Å². The van der Waals surface area contributed by atoms with Gasteiger partial charge in [0.2, 0.25) is 0 Å². The number of hydrogen-bond donors (Lipinski definition) is 1. The van der Waals surface area contributed by atoms with Crippen molar-refractivity contribution in [2.45, 2.75) is 6.92 Å². The Kier molecular flexibility index (Phi) is 5.20. The van der Waals surface area contributed by atoms with Crippen LogP contribution in [0, 0.1) is 6.92 Å². The zero-order chi connectivity index (χ0) is 17.6. The summed E-state index contributed by atoms with van der Waals surface area (Å²) in [6.45, 7) is 1.84. The molecule has 0 aliphatic carbocycles. The number of ketones is 1. The van der Waals surface area contributed by atoms with Crippen LogP contribution < -0.4 is 10.1 Å². The topological polar surface area (TPSA) is 64.1 Å². The largest absolute Gasteiger partial charge is 0.497 e. The highest BCUT2D eigenvalue weighted by atomic mass is 32.1. The number of rotatable bonds is 6. The maximum atomic E-state index is 12.4. The molecule has 0 amide bonds. The average Bonchev–Trinajstić information content (AvgIpc) is 3.05. The Morgan fingerprint density at radius 3 is 2.72 bits per heavy atom. The normalized spacial score (nSPS) is 10.8. The summed E-state index contributed by atoms with van der Waals surface area (Å²) in [5.41, 5.74) is 2.51. The lowest BCUT2D eigenvalue weighted by Crippen LogP contribution is -1.96. The number of anilines is 1. The molecule has 0 saturated carbocycles. The van der Waals surface area contributed by atoms with Gasteiger partial charge < -0.3 is 10.1 Å². The molecule has 6 heteroatoms. The molecule has 126 valence electrons. The number of nitrogens with zero attached hydrogens (tertiary/aromatic N) is 2. The van der Waals surface area contributed by atoms with Crippen molar-refractivity contribution in [3.63, 3.8) is 0 Å². The number of ether oxygens (including phenoxy) is 1. The van der Waals surface area contributed by atoms with Crippen LogP contribution in [-0.4, -0.2) is 22.9 Å². The number of carbonyl (C=O) groups is 1. The summed E-state index contributed by atoms with van der Waals surface area (Å²) in [4.78, 5) is 21.6. The van der Waals surface area contributed by atoms with Crippen molar-refractivity contribution in [1.29, 1.82) is 0 Å². The Labute approximate surface area is 150 Å². The van der Waals surface area contributed by atoms with E-state index in [0.717, 1.165) is 27.7 Å². The highest BCUT2D eigenvalue weighted by Crippen LogP contribution is 2.27. The molecule has 0 aliphatic rings. The minimum absolute atomic E-state index is 0.0776. The molecule has 0 bridgehead atoms. The zero-order valence-corrected chi connectivity index (χ0v) is 14.7. The van der Waals surface area contributed by atoms with E-state index in [1.54, 1.807) is 25.7 Å². The standard InChI is InChI=1S/C19H17N3O2S/c1-13-18(25-19(22-13)14-4-3-10-20-12-14)17(23)9-11-21-15-5-7-16(24-2)8-6-15/h3-12,21H,1-2H3. The second-order valence-corrected chi connectivity index (χ2v) is 6.24. The third kappa shape index (κ3) is 4.10. The minimum atomic E-state index is -0.0776. The van der Waals surface area contributed by atoms with Gasteiger partial charge in [-0.1, -0.05) is 0 Å². The van der Waals surface area contributed by atoms with Crippen LogP contribution in [-0.2, 0) is 0 Å². The summed E-state index contributed by atoms with van der Waals surface area (Å²) < 4.78 is 5.11. The maximum Gasteiger partial charge on any atom is 0.199 e. The summed E-state index contributed by atoms with van der Waals surface area (Å²) in [7, 11) is 1.62. The maximum absolute atomic E-state index is 12.4. The van der Waals surface area contributed by atoms with E-state index in [1.807, 2.05) is 43.3 Å². The predicted molar refractivity (Wildman–Crippen MR) is 100 cm³/mol. The van der Waals surface area contributed by atoms with Gasteiger partial charge in [-0.25, -0.2) is 4.98 Å². The Hall–Kier alpha value is -2.99. The van der Waals surface area contributed by atoms with Crippen LogP contribution in [0.5, 0.6) is 5.75 Å². The first kappa shape index (κ1) is 16.9. The van der Waals surface area contributed by atoms with E-state index in [-0.39, 0.29) is 5.78 Å². The number of aryl methyl sites for hydroxylation is 1. The van der Waals surface area contributed by atoms with Crippen molar-refractivity contribution in [3.8, 4) is 16.3 Å². The predicted octanol–water partition coefficient (Wildman–Crippen LogP) is 4.33. The SMILES string of the molecule is COc1ccc(NC=CC(=O)c2sc(-c3cccnc3)nc2C)cc1. The lowest BCUT2D eigenvalue weighted by molar-refractivity contribution is 0.104. The van der Waals surface area contributed by atoms with Crippen molar-refractivity contribution >= 4 is 22.8 Å². The van der Waals surface area contributed by atoms with E-state index in [9.17, 15) is 4.79 Å². The summed E-state index contributed by atoms with van der Waals surface area (Å²) in [6, 6.07) is 11.3. The van der Waals surface area contributed by atoms with Gasteiger partial charge in [-0.2, -0.15) is 0 Å². The zero-order valence-electron chi connectivity index (χ0n) is 13.9. The molecule has 25 heavy (non-hydrogen) atoms. The molecule has 0 unspecified atom stereocenters. The van der Waals surface area contributed by atoms with Gasteiger partial charge in [-0.3, -0.25) is 9.78 Å². The quantitative estimate of drug-likeness (QED) is 0.529. The van der Waals surface area contributed by atoms with Gasteiger partial charge >= 0.3 is 0 Å². The molecule has 5 nitrogen and oxygen atoms in total. The van der Waals surface area contributed by atoms with E-state index in [0.29, 0.717) is 4.88 Å². The molecule has 2 heterocycles. The Morgan fingerprint density at radius 2 is 2.04 bits per heavy atom. The number of hydrogen-bond acceptors (Lipinski definition) is 6. The fourth-order valence-corrected chi connectivity index (χ4v) is 3.19. The summed E-state index contributed by atoms with van der Waals surface area (Å²) in [5, 5.41) is 3.87. The smallest absolute Gasteiger partial charge is 0.199 e. The minimum Gasteiger partial charge on any atom is -0.497 e. The first-order valence-corrected chi connectivity index (χ1v) is 8.48. The molecular formula is C19H17N3O2S. The molecule has 3 rings (SSSR count). The fourth-order valence-electron chi connectivity index (χ4n) is 2.21. The number of methoxy groups -OCH3 is 1. The molecule has 1 N–H and O–H groups in total. The Morgan fingerprint density at radius 1 is 1.24 bits per heavy atom. The van der Waals surface area contributed by atoms with Gasteiger partial charge in [-0.05, 0) is 43.3 Å². The van der Waals surface area contributed by atoms with Crippen molar-refractivity contribution in [3.05, 3.63) is 71.6 Å². The number of allylic oxidation sites excluding steroid dienone is 1. The van der Waals surface area contributed by atoms with Crippen LogP contribution >= 0.6 is 11.3 Å². The molecule has 1 aromatic carbocycles. The molecule has 0 radical (unpaired) electrons. The third-order valence-corrected chi connectivity index (χ3v) is 4.72. The van der Waals surface area contributed by atoms with E-state index in [1.165, 1.54) is 17.4 Å². The summed E-state index contributed by atoms with van der Waals surface area (Å²) in [5.74, 6) is 0.708. The van der Waals surface area contributed by atoms with E-state index >= 15 is 0 Å². The number of thiazole rings is 1. The van der Waals surface area contributed by atoms with Crippen LogP contribution in [0.2, 0.25) is 0 Å². The highest BCUT2D eigenvalue weighted by molar-refractivity contribution is 7.17. The molecule has 0 atom stereocenters. The van der Waals surface area contributed by atoms with Crippen molar-refractivity contribution in [2.24, 2.45) is 0 Å². The Balaban J connectivity index is 1.69. The second kappa shape index (κ2) is 7.72. The van der Waals surface area contributed by atoms with Crippen molar-refractivity contribution in [1.82, 2.24) is 9.97 Å². The molecule has 0 spiro atoms. The first-order chi connectivity index (χ1) is 12.2. The molecule has 3 aromatic rings. The van der Waals surface area contributed by atoms with Crippen LogP contribution in [0.4, 0.5) is 5.69 Å². The lowest BCUT2D eigenvalue weighted by Gasteiger charge is -2.02. The fraction of sp³-hybridized carbons (Fsp3) is 0.105. The van der Waals surface area contributed by atoms with Crippen LogP contribution in [0.3, 0.4) is 0 Å². The van der Waals surface area contributed by atoms with E-state index in [4.69, 9.17) is 4.74 Å². The van der Waals surface area contributed by atoms with Crippen LogP contribution in [0.1, 0.15) is 15.4 Å². The first-order valence-electron chi connectivity index (χ1n) is 7.66. The summed E-state index contributed by atoms with van der Waals surface area (Å²) >= 11 is 1.38. The second-order valence-electron chi connectivity index (χ2n) is 5.25. The van der Waals surface area contributed by atoms with Crippen molar-refractivity contribution in [2.75, 3.05) is 12.4 Å². The van der Waals surface area contributed by atoms with Gasteiger partial charge in [-0.15, -0.1) is 11.3 Å². The Bertz CT molecular complexity index is 887. The monoisotopic (exact) mass is 351 g/mol. The molecule has 2 aromatic heterocycles. The lowest BCUT2D eigenvalue weighted by atomic mass is 10.2. The number of nitrogens with one attached hydrogen (secondary N) is 1. The van der Waals surface area contributed by atoms with Gasteiger partial charge in [0, 0.05) is 35.9 Å². The van der Waals surface area contributed by atoms with Gasteiger partial charge in [0.05, 0.1) is 17.7 Å². The van der Waals surface area contributed by atoms with Crippen LogP contribution in [0.25, 0.3) is 10.6 Å². The van der Waals surface area contributed by atoms with Crippen LogP contribution in [0.15, 0.2) is 61.1 Å². The highest BCUT2D eigenvalue weighted by Gasteiger charge is 2.14. The summed E-state index contributed by atoms with van der Waals surface area (Å²) in [6.07, 6.45) is 6.60. The van der Waals surface area contributed by atoms with Gasteiger partial charge in [0.15, 0.2) is 5.78 Å². The molecular weight excluding hydrogens is 334 g/mol.